The quantitative estimate of drug-likeness (QED) is 0.880. The van der Waals surface area contributed by atoms with Gasteiger partial charge in [0, 0.05) is 22.3 Å². The van der Waals surface area contributed by atoms with Gasteiger partial charge in [-0.15, -0.1) is 11.3 Å². The van der Waals surface area contributed by atoms with Gasteiger partial charge in [-0.1, -0.05) is 12.4 Å². The van der Waals surface area contributed by atoms with Crippen molar-refractivity contribution in [3.63, 3.8) is 0 Å². The van der Waals surface area contributed by atoms with E-state index in [9.17, 15) is 0 Å². The molecule has 0 atom stereocenters. The Bertz CT molecular complexity index is 647. The maximum Gasteiger partial charge on any atom is 0.137 e. The van der Waals surface area contributed by atoms with Crippen molar-refractivity contribution < 1.29 is 0 Å². The Labute approximate surface area is 137 Å². The standard InChI is InChI=1S/C16H23BN4S/c1-4-12-14(17)13-15(18-9-19-16(13)22-12)20-10-5-7-11(8-6-10)21(2)3/h9-11H,4-8H2,1-3H3,(H,18,19,20). The first-order valence-corrected chi connectivity index (χ1v) is 8.86. The van der Waals surface area contributed by atoms with Crippen LogP contribution in [0.4, 0.5) is 5.82 Å². The summed E-state index contributed by atoms with van der Waals surface area (Å²) in [5, 5.41) is 4.63. The molecule has 1 aliphatic carbocycles. The number of fused-ring (bicyclic) bond motifs is 1. The van der Waals surface area contributed by atoms with Gasteiger partial charge in [-0.3, -0.25) is 0 Å². The second-order valence-electron chi connectivity index (χ2n) is 6.31. The van der Waals surface area contributed by atoms with E-state index in [0.717, 1.165) is 27.9 Å². The van der Waals surface area contributed by atoms with Crippen molar-refractivity contribution in [3.8, 4) is 0 Å². The topological polar surface area (TPSA) is 41.1 Å². The van der Waals surface area contributed by atoms with Crippen LogP contribution in [0.15, 0.2) is 6.33 Å². The predicted octanol–water partition coefficient (Wildman–Crippen LogP) is 2.33. The van der Waals surface area contributed by atoms with Crippen molar-refractivity contribution in [3.05, 3.63) is 11.2 Å². The van der Waals surface area contributed by atoms with Crippen LogP contribution in [-0.4, -0.2) is 48.9 Å². The smallest absolute Gasteiger partial charge is 0.137 e. The summed E-state index contributed by atoms with van der Waals surface area (Å²) in [4.78, 5) is 13.4. The van der Waals surface area contributed by atoms with Crippen LogP contribution in [0.3, 0.4) is 0 Å². The van der Waals surface area contributed by atoms with Gasteiger partial charge in [0.25, 0.3) is 0 Å². The van der Waals surface area contributed by atoms with Gasteiger partial charge in [-0.2, -0.15) is 0 Å². The fourth-order valence-electron chi connectivity index (χ4n) is 3.30. The molecule has 116 valence electrons. The van der Waals surface area contributed by atoms with Crippen LogP contribution in [-0.2, 0) is 6.42 Å². The van der Waals surface area contributed by atoms with E-state index in [0.29, 0.717) is 12.1 Å². The molecule has 22 heavy (non-hydrogen) atoms. The lowest BCUT2D eigenvalue weighted by molar-refractivity contribution is 0.221. The molecule has 1 aliphatic rings. The number of aromatic nitrogens is 2. The summed E-state index contributed by atoms with van der Waals surface area (Å²) < 4.78 is 0. The van der Waals surface area contributed by atoms with E-state index in [-0.39, 0.29) is 0 Å². The average molecular weight is 314 g/mol. The van der Waals surface area contributed by atoms with Crippen molar-refractivity contribution in [2.24, 2.45) is 0 Å². The summed E-state index contributed by atoms with van der Waals surface area (Å²) in [7, 11) is 10.6. The second-order valence-corrected chi connectivity index (χ2v) is 7.39. The fourth-order valence-corrected chi connectivity index (χ4v) is 4.30. The molecular weight excluding hydrogens is 291 g/mol. The third-order valence-corrected chi connectivity index (χ3v) is 5.95. The Morgan fingerprint density at radius 1 is 1.27 bits per heavy atom. The molecule has 0 bridgehead atoms. The van der Waals surface area contributed by atoms with Crippen molar-refractivity contribution in [1.29, 1.82) is 0 Å². The van der Waals surface area contributed by atoms with Gasteiger partial charge in [-0.05, 0) is 46.2 Å². The van der Waals surface area contributed by atoms with Gasteiger partial charge >= 0.3 is 0 Å². The first-order chi connectivity index (χ1) is 10.6. The molecule has 0 saturated heterocycles. The molecule has 3 rings (SSSR count). The number of thiophene rings is 1. The van der Waals surface area contributed by atoms with E-state index >= 15 is 0 Å². The minimum absolute atomic E-state index is 0.485. The molecule has 2 aromatic rings. The molecule has 0 amide bonds. The van der Waals surface area contributed by atoms with Gasteiger partial charge < -0.3 is 10.2 Å². The maximum atomic E-state index is 6.30. The highest BCUT2D eigenvalue weighted by Gasteiger charge is 2.23. The summed E-state index contributed by atoms with van der Waals surface area (Å²) in [5.74, 6) is 0.909. The van der Waals surface area contributed by atoms with Crippen LogP contribution >= 0.6 is 11.3 Å². The summed E-state index contributed by atoms with van der Waals surface area (Å²) >= 11 is 1.68. The van der Waals surface area contributed by atoms with E-state index in [2.05, 4.69) is 41.2 Å². The van der Waals surface area contributed by atoms with Crippen LogP contribution < -0.4 is 10.8 Å². The van der Waals surface area contributed by atoms with Crippen LogP contribution in [0.5, 0.6) is 0 Å². The maximum absolute atomic E-state index is 6.30. The average Bonchev–Trinajstić information content (AvgIpc) is 2.85. The number of rotatable bonds is 4. The molecule has 1 saturated carbocycles. The van der Waals surface area contributed by atoms with Crippen molar-refractivity contribution in [2.75, 3.05) is 19.4 Å². The number of nitrogens with zero attached hydrogens (tertiary/aromatic N) is 3. The molecule has 0 spiro atoms. The summed E-state index contributed by atoms with van der Waals surface area (Å²) in [6.07, 6.45) is 7.42. The van der Waals surface area contributed by atoms with E-state index in [1.807, 2.05) is 0 Å². The largest absolute Gasteiger partial charge is 0.367 e. The number of hydrogen-bond acceptors (Lipinski definition) is 5. The second kappa shape index (κ2) is 6.55. The summed E-state index contributed by atoms with van der Waals surface area (Å²) in [6, 6.07) is 1.19. The molecule has 6 heteroatoms. The third-order valence-electron chi connectivity index (χ3n) is 4.69. The zero-order valence-corrected chi connectivity index (χ0v) is 14.4. The van der Waals surface area contributed by atoms with Gasteiger partial charge in [-0.25, -0.2) is 9.97 Å². The highest BCUT2D eigenvalue weighted by atomic mass is 32.1. The van der Waals surface area contributed by atoms with Crippen LogP contribution in [0.25, 0.3) is 10.2 Å². The first-order valence-electron chi connectivity index (χ1n) is 8.05. The zero-order chi connectivity index (χ0) is 15.7. The monoisotopic (exact) mass is 314 g/mol. The molecule has 2 aromatic heterocycles. The molecule has 0 unspecified atom stereocenters. The molecule has 0 aliphatic heterocycles. The Balaban J connectivity index is 1.79. The minimum Gasteiger partial charge on any atom is -0.367 e. The van der Waals surface area contributed by atoms with E-state index in [4.69, 9.17) is 7.85 Å². The Kier molecular flexibility index (Phi) is 4.69. The van der Waals surface area contributed by atoms with E-state index < -0.39 is 0 Å². The fraction of sp³-hybridized carbons (Fsp3) is 0.625. The molecule has 0 aromatic carbocycles. The first kappa shape index (κ1) is 15.7. The van der Waals surface area contributed by atoms with Gasteiger partial charge in [0.2, 0.25) is 0 Å². The Morgan fingerprint density at radius 2 is 2.00 bits per heavy atom. The van der Waals surface area contributed by atoms with E-state index in [1.165, 1.54) is 30.6 Å². The zero-order valence-electron chi connectivity index (χ0n) is 13.6. The van der Waals surface area contributed by atoms with E-state index in [1.54, 1.807) is 17.7 Å². The number of nitrogens with one attached hydrogen (secondary N) is 1. The summed E-state index contributed by atoms with van der Waals surface area (Å²) in [5.41, 5.74) is 0.854. The van der Waals surface area contributed by atoms with Crippen molar-refractivity contribution in [1.82, 2.24) is 14.9 Å². The lowest BCUT2D eigenvalue weighted by atomic mass is 9.90. The van der Waals surface area contributed by atoms with Gasteiger partial charge in [0.05, 0.1) is 0 Å². The Hall–Kier alpha value is -1.14. The molecule has 2 radical (unpaired) electrons. The number of aryl methyl sites for hydroxylation is 1. The highest BCUT2D eigenvalue weighted by molar-refractivity contribution is 7.20. The molecular formula is C16H23BN4S. The molecule has 1 fully saturated rings. The lowest BCUT2D eigenvalue weighted by Gasteiger charge is -2.33. The normalized spacial score (nSPS) is 22.4. The minimum atomic E-state index is 0.485. The number of anilines is 1. The van der Waals surface area contributed by atoms with Gasteiger partial charge in [0.1, 0.15) is 24.8 Å². The molecule has 2 heterocycles. The SMILES string of the molecule is [B]c1c(CC)sc2ncnc(NC3CCC(N(C)C)CC3)c12. The third kappa shape index (κ3) is 2.99. The lowest BCUT2D eigenvalue weighted by Crippen LogP contribution is -2.36. The van der Waals surface area contributed by atoms with Gasteiger partial charge in [0.15, 0.2) is 0 Å². The Morgan fingerprint density at radius 3 is 2.64 bits per heavy atom. The summed E-state index contributed by atoms with van der Waals surface area (Å²) in [6.45, 7) is 2.13. The highest BCUT2D eigenvalue weighted by Crippen LogP contribution is 2.29. The molecule has 4 nitrogen and oxygen atoms in total. The molecule has 1 N–H and O–H groups in total. The predicted molar refractivity (Wildman–Crippen MR) is 95.5 cm³/mol. The van der Waals surface area contributed by atoms with Crippen molar-refractivity contribution >= 4 is 40.7 Å². The van der Waals surface area contributed by atoms with Crippen LogP contribution in [0, 0.1) is 0 Å². The number of hydrogen-bond donors (Lipinski definition) is 1. The van der Waals surface area contributed by atoms with Crippen LogP contribution in [0.2, 0.25) is 0 Å². The van der Waals surface area contributed by atoms with Crippen LogP contribution in [0.1, 0.15) is 37.5 Å². The van der Waals surface area contributed by atoms with Crippen molar-refractivity contribution in [2.45, 2.75) is 51.1 Å².